The van der Waals surface area contributed by atoms with Gasteiger partial charge in [-0.1, -0.05) is 25.5 Å². The number of rotatable bonds is 1. The molecule has 0 fully saturated rings. The zero-order chi connectivity index (χ0) is 12.1. The molecule has 0 heterocycles. The number of halogens is 3. The lowest BCUT2D eigenvalue weighted by molar-refractivity contribution is -0.137. The minimum atomic E-state index is -4.36. The van der Waals surface area contributed by atoms with Crippen molar-refractivity contribution in [3.05, 3.63) is 29.3 Å². The van der Waals surface area contributed by atoms with E-state index >= 15 is 0 Å². The first kappa shape index (κ1) is 13.7. The Hall–Kier alpha value is -1.32. The number of hydrogen-bond acceptors (Lipinski definition) is 1. The van der Waals surface area contributed by atoms with Gasteiger partial charge in [-0.15, -0.1) is 0 Å². The van der Waals surface area contributed by atoms with Gasteiger partial charge in [-0.3, -0.25) is 4.99 Å². The summed E-state index contributed by atoms with van der Waals surface area (Å²) in [4.78, 5) is 3.31. The third kappa shape index (κ3) is 3.73. The molecule has 0 aliphatic heterocycles. The van der Waals surface area contributed by atoms with Gasteiger partial charge in [0.05, 0.1) is 11.3 Å². The Labute approximate surface area is 87.7 Å². The average molecular weight is 217 g/mol. The Morgan fingerprint density at radius 2 is 1.73 bits per heavy atom. The quantitative estimate of drug-likeness (QED) is 0.619. The van der Waals surface area contributed by atoms with Crippen LogP contribution in [0.2, 0.25) is 0 Å². The normalized spacial score (nSPS) is 10.3. The molecule has 0 aliphatic carbocycles. The van der Waals surface area contributed by atoms with E-state index in [9.17, 15) is 13.2 Å². The van der Waals surface area contributed by atoms with Gasteiger partial charge in [-0.25, -0.2) is 0 Å². The second kappa shape index (κ2) is 5.53. The number of alkyl halides is 3. The van der Waals surface area contributed by atoms with Gasteiger partial charge in [0.25, 0.3) is 0 Å². The zero-order valence-electron chi connectivity index (χ0n) is 9.02. The standard InChI is InChI=1S/C9H8F3N.C2H6/c1-6-3-4-8(13-2)7(5-6)9(10,11)12;1-2/h3-5H,2H2,1H3;1-2H3. The Bertz CT molecular complexity index is 329. The zero-order valence-corrected chi connectivity index (χ0v) is 9.02. The van der Waals surface area contributed by atoms with Crippen LogP contribution in [0.4, 0.5) is 18.9 Å². The Morgan fingerprint density at radius 1 is 1.20 bits per heavy atom. The molecule has 1 nitrogen and oxygen atoms in total. The summed E-state index contributed by atoms with van der Waals surface area (Å²) in [6.45, 7) is 8.68. The molecule has 1 aromatic rings. The summed E-state index contributed by atoms with van der Waals surface area (Å²) < 4.78 is 37.0. The lowest BCUT2D eigenvalue weighted by Gasteiger charge is -2.09. The van der Waals surface area contributed by atoms with E-state index in [1.165, 1.54) is 6.07 Å². The topological polar surface area (TPSA) is 12.4 Å². The highest BCUT2D eigenvalue weighted by molar-refractivity contribution is 5.53. The molecule has 0 saturated carbocycles. The lowest BCUT2D eigenvalue weighted by atomic mass is 10.1. The Morgan fingerprint density at radius 3 is 2.13 bits per heavy atom. The molecule has 15 heavy (non-hydrogen) atoms. The molecule has 0 bridgehead atoms. The predicted octanol–water partition coefficient (Wildman–Crippen LogP) is 4.37. The van der Waals surface area contributed by atoms with Crippen molar-refractivity contribution < 1.29 is 13.2 Å². The van der Waals surface area contributed by atoms with Gasteiger partial charge in [-0.05, 0) is 25.8 Å². The minimum absolute atomic E-state index is 0.127. The fourth-order valence-corrected chi connectivity index (χ4v) is 1.01. The largest absolute Gasteiger partial charge is 0.418 e. The van der Waals surface area contributed by atoms with E-state index in [0.717, 1.165) is 6.07 Å². The molecule has 84 valence electrons. The summed E-state index contributed by atoms with van der Waals surface area (Å²) >= 11 is 0. The van der Waals surface area contributed by atoms with Gasteiger partial charge >= 0.3 is 6.18 Å². The summed E-state index contributed by atoms with van der Waals surface area (Å²) in [6, 6.07) is 3.94. The van der Waals surface area contributed by atoms with E-state index < -0.39 is 11.7 Å². The highest BCUT2D eigenvalue weighted by Gasteiger charge is 2.33. The van der Waals surface area contributed by atoms with Crippen LogP contribution >= 0.6 is 0 Å². The summed E-state index contributed by atoms with van der Waals surface area (Å²) in [5.41, 5.74) is -0.305. The van der Waals surface area contributed by atoms with Crippen LogP contribution in [0.25, 0.3) is 0 Å². The maximum absolute atomic E-state index is 12.3. The maximum atomic E-state index is 12.3. The van der Waals surface area contributed by atoms with Crippen LogP contribution in [0.3, 0.4) is 0 Å². The molecule has 0 atom stereocenters. The van der Waals surface area contributed by atoms with Gasteiger partial charge in [-0.2, -0.15) is 13.2 Å². The van der Waals surface area contributed by atoms with Crippen molar-refractivity contribution >= 4 is 12.4 Å². The van der Waals surface area contributed by atoms with Crippen LogP contribution in [0.15, 0.2) is 23.2 Å². The van der Waals surface area contributed by atoms with Crippen molar-refractivity contribution in [3.8, 4) is 0 Å². The molecule has 0 saturated heterocycles. The van der Waals surface area contributed by atoms with Crippen molar-refractivity contribution in [2.45, 2.75) is 26.9 Å². The van der Waals surface area contributed by atoms with Crippen LogP contribution in [-0.2, 0) is 6.18 Å². The Balaban J connectivity index is 0.000000921. The van der Waals surface area contributed by atoms with Crippen LogP contribution in [0.1, 0.15) is 25.0 Å². The van der Waals surface area contributed by atoms with Crippen LogP contribution in [-0.4, -0.2) is 6.72 Å². The fraction of sp³-hybridized carbons (Fsp3) is 0.364. The van der Waals surface area contributed by atoms with Gasteiger partial charge in [0, 0.05) is 0 Å². The first-order valence-corrected chi connectivity index (χ1v) is 4.59. The molecule has 0 unspecified atom stereocenters. The molecule has 0 aliphatic rings. The van der Waals surface area contributed by atoms with Crippen LogP contribution < -0.4 is 0 Å². The lowest BCUT2D eigenvalue weighted by Crippen LogP contribution is -2.05. The molecule has 0 amide bonds. The number of benzene rings is 1. The first-order valence-electron chi connectivity index (χ1n) is 4.59. The van der Waals surface area contributed by atoms with Gasteiger partial charge < -0.3 is 0 Å². The minimum Gasteiger partial charge on any atom is -0.264 e. The van der Waals surface area contributed by atoms with E-state index in [-0.39, 0.29) is 5.69 Å². The predicted molar refractivity (Wildman–Crippen MR) is 56.7 cm³/mol. The highest BCUT2D eigenvalue weighted by Crippen LogP contribution is 2.36. The number of aliphatic imine (C=N–C) groups is 1. The number of hydrogen-bond donors (Lipinski definition) is 0. The SMILES string of the molecule is C=Nc1ccc(C)cc1C(F)(F)F.CC. The third-order valence-electron chi connectivity index (χ3n) is 1.63. The maximum Gasteiger partial charge on any atom is 0.418 e. The third-order valence-corrected chi connectivity index (χ3v) is 1.63. The van der Waals surface area contributed by atoms with Crippen molar-refractivity contribution in [2.24, 2.45) is 4.99 Å². The van der Waals surface area contributed by atoms with Crippen molar-refractivity contribution in [2.75, 3.05) is 0 Å². The molecular formula is C11H14F3N. The molecule has 0 spiro atoms. The van der Waals surface area contributed by atoms with E-state index in [2.05, 4.69) is 11.7 Å². The smallest absolute Gasteiger partial charge is 0.264 e. The van der Waals surface area contributed by atoms with Crippen molar-refractivity contribution in [3.63, 3.8) is 0 Å². The van der Waals surface area contributed by atoms with Crippen molar-refractivity contribution in [1.82, 2.24) is 0 Å². The molecule has 4 heteroatoms. The second-order valence-electron chi connectivity index (χ2n) is 2.68. The second-order valence-corrected chi connectivity index (χ2v) is 2.68. The monoisotopic (exact) mass is 217 g/mol. The van der Waals surface area contributed by atoms with E-state index in [4.69, 9.17) is 0 Å². The summed E-state index contributed by atoms with van der Waals surface area (Å²) in [7, 11) is 0. The molecular weight excluding hydrogens is 203 g/mol. The number of aryl methyl sites for hydroxylation is 1. The van der Waals surface area contributed by atoms with E-state index in [1.54, 1.807) is 13.0 Å². The van der Waals surface area contributed by atoms with Crippen molar-refractivity contribution in [1.29, 1.82) is 0 Å². The molecule has 0 aromatic heterocycles. The summed E-state index contributed by atoms with van der Waals surface area (Å²) in [5.74, 6) is 0. The van der Waals surface area contributed by atoms with E-state index in [0.29, 0.717) is 5.56 Å². The summed E-state index contributed by atoms with van der Waals surface area (Å²) in [6.07, 6.45) is -4.36. The Kier molecular flexibility index (Phi) is 5.05. The van der Waals surface area contributed by atoms with Gasteiger partial charge in [0.2, 0.25) is 0 Å². The number of nitrogens with zero attached hydrogens (tertiary/aromatic N) is 1. The molecule has 1 aromatic carbocycles. The molecule has 0 N–H and O–H groups in total. The average Bonchev–Trinajstić information content (AvgIpc) is 2.19. The van der Waals surface area contributed by atoms with Crippen LogP contribution in [0, 0.1) is 6.92 Å². The molecule has 0 radical (unpaired) electrons. The van der Waals surface area contributed by atoms with E-state index in [1.807, 2.05) is 13.8 Å². The van der Waals surface area contributed by atoms with Crippen LogP contribution in [0.5, 0.6) is 0 Å². The first-order chi connectivity index (χ1) is 6.95. The van der Waals surface area contributed by atoms with Gasteiger partial charge in [0.15, 0.2) is 0 Å². The fourth-order valence-electron chi connectivity index (χ4n) is 1.01. The molecule has 1 rings (SSSR count). The van der Waals surface area contributed by atoms with Gasteiger partial charge in [0.1, 0.15) is 0 Å². The highest BCUT2D eigenvalue weighted by atomic mass is 19.4. The summed E-state index contributed by atoms with van der Waals surface area (Å²) in [5, 5.41) is 0.